The summed E-state index contributed by atoms with van der Waals surface area (Å²) < 4.78 is 5.46. The molecule has 18 heavy (non-hydrogen) atoms. The number of nitrogens with one attached hydrogen (secondary N) is 1. The lowest BCUT2D eigenvalue weighted by Crippen LogP contribution is -2.18. The molecule has 2 aromatic rings. The van der Waals surface area contributed by atoms with Crippen molar-refractivity contribution in [1.82, 2.24) is 15.2 Å². The Morgan fingerprint density at radius 3 is 2.94 bits per heavy atom. The molecule has 0 fully saturated rings. The van der Waals surface area contributed by atoms with Gasteiger partial charge in [0.25, 0.3) is 0 Å². The van der Waals surface area contributed by atoms with E-state index in [1.807, 2.05) is 20.0 Å². The molecule has 0 aliphatic heterocycles. The number of hydrogen-bond donors (Lipinski definition) is 1. The Bertz CT molecular complexity index is 492. The summed E-state index contributed by atoms with van der Waals surface area (Å²) in [6.45, 7) is 4.56. The van der Waals surface area contributed by atoms with Gasteiger partial charge >= 0.3 is 0 Å². The van der Waals surface area contributed by atoms with E-state index in [-0.39, 0.29) is 0 Å². The van der Waals surface area contributed by atoms with Crippen LogP contribution in [0.1, 0.15) is 22.0 Å². The number of thiazole rings is 1. The number of nitrogens with zero attached hydrogens (tertiary/aromatic N) is 2. The summed E-state index contributed by atoms with van der Waals surface area (Å²) in [6, 6.07) is 2.04. The quantitative estimate of drug-likeness (QED) is 0.871. The third-order valence-corrected chi connectivity index (χ3v) is 3.54. The Morgan fingerprint density at radius 1 is 1.44 bits per heavy atom. The van der Waals surface area contributed by atoms with Crippen molar-refractivity contribution in [2.45, 2.75) is 26.6 Å². The predicted molar refractivity (Wildman–Crippen MR) is 73.5 cm³/mol. The summed E-state index contributed by atoms with van der Waals surface area (Å²) in [5.74, 6) is 1.01. The summed E-state index contributed by atoms with van der Waals surface area (Å²) >= 11 is 1.70. The molecule has 0 aliphatic rings. The number of hydrogen-bond acceptors (Lipinski definition) is 5. The third-order valence-electron chi connectivity index (χ3n) is 2.71. The second kappa shape index (κ2) is 6.13. The first kappa shape index (κ1) is 13.3. The van der Waals surface area contributed by atoms with Gasteiger partial charge in [-0.25, -0.2) is 4.98 Å². The molecule has 0 aromatic carbocycles. The molecule has 0 radical (unpaired) electrons. The van der Waals surface area contributed by atoms with Crippen molar-refractivity contribution in [2.24, 2.45) is 0 Å². The zero-order valence-corrected chi connectivity index (χ0v) is 11.9. The van der Waals surface area contributed by atoms with Gasteiger partial charge in [-0.1, -0.05) is 0 Å². The smallest absolute Gasteiger partial charge is 0.122 e. The first-order valence-corrected chi connectivity index (χ1v) is 6.86. The van der Waals surface area contributed by atoms with E-state index >= 15 is 0 Å². The minimum Gasteiger partial charge on any atom is -0.468 e. The first-order chi connectivity index (χ1) is 8.69. The summed E-state index contributed by atoms with van der Waals surface area (Å²) in [4.78, 5) is 6.73. The van der Waals surface area contributed by atoms with Gasteiger partial charge in [-0.2, -0.15) is 0 Å². The highest BCUT2D eigenvalue weighted by molar-refractivity contribution is 7.09. The van der Waals surface area contributed by atoms with Gasteiger partial charge in [0.2, 0.25) is 0 Å². The molecule has 0 bridgehead atoms. The lowest BCUT2D eigenvalue weighted by Gasteiger charge is -2.15. The average molecular weight is 265 g/mol. The Labute approximate surface area is 112 Å². The molecular weight excluding hydrogens is 246 g/mol. The van der Waals surface area contributed by atoms with E-state index in [0.717, 1.165) is 36.1 Å². The highest BCUT2D eigenvalue weighted by atomic mass is 32.1. The van der Waals surface area contributed by atoms with Gasteiger partial charge in [0.15, 0.2) is 0 Å². The van der Waals surface area contributed by atoms with E-state index in [0.29, 0.717) is 0 Å². The normalized spacial score (nSPS) is 11.3. The molecule has 0 unspecified atom stereocenters. The first-order valence-electron chi connectivity index (χ1n) is 5.98. The van der Waals surface area contributed by atoms with E-state index in [1.54, 1.807) is 17.6 Å². The van der Waals surface area contributed by atoms with Gasteiger partial charge < -0.3 is 9.73 Å². The van der Waals surface area contributed by atoms with Gasteiger partial charge in [0, 0.05) is 24.0 Å². The van der Waals surface area contributed by atoms with E-state index in [4.69, 9.17) is 4.42 Å². The second-order valence-corrected chi connectivity index (χ2v) is 5.49. The van der Waals surface area contributed by atoms with Crippen molar-refractivity contribution in [3.8, 4) is 0 Å². The molecule has 5 heteroatoms. The van der Waals surface area contributed by atoms with Crippen LogP contribution in [0, 0.1) is 6.92 Å². The van der Waals surface area contributed by atoms with Gasteiger partial charge in [0.1, 0.15) is 5.76 Å². The molecule has 2 aromatic heterocycles. The van der Waals surface area contributed by atoms with Crippen LogP contribution in [0.3, 0.4) is 0 Å². The molecule has 0 saturated carbocycles. The lowest BCUT2D eigenvalue weighted by atomic mass is 10.2. The van der Waals surface area contributed by atoms with E-state index < -0.39 is 0 Å². The number of furan rings is 1. The Morgan fingerprint density at radius 2 is 2.28 bits per heavy atom. The van der Waals surface area contributed by atoms with Crippen molar-refractivity contribution in [3.05, 3.63) is 39.7 Å². The average Bonchev–Trinajstić information content (AvgIpc) is 2.90. The van der Waals surface area contributed by atoms with Gasteiger partial charge in [-0.15, -0.1) is 11.3 Å². The fourth-order valence-corrected chi connectivity index (χ4v) is 2.53. The van der Waals surface area contributed by atoms with Gasteiger partial charge in [0.05, 0.1) is 23.5 Å². The number of rotatable bonds is 6. The van der Waals surface area contributed by atoms with Crippen LogP contribution in [-0.4, -0.2) is 24.0 Å². The van der Waals surface area contributed by atoms with Crippen molar-refractivity contribution < 1.29 is 4.42 Å². The molecule has 0 spiro atoms. The molecule has 2 rings (SSSR count). The standard InChI is InChI=1S/C13H19N3OS/c1-10-15-12(9-18-10)8-16(3)7-11-4-5-17-13(11)6-14-2/h4-5,9,14H,6-8H2,1-3H3. The minimum atomic E-state index is 0.770. The molecule has 0 atom stereocenters. The van der Waals surface area contributed by atoms with Crippen molar-refractivity contribution in [1.29, 1.82) is 0 Å². The summed E-state index contributed by atoms with van der Waals surface area (Å²) in [5.41, 5.74) is 2.37. The highest BCUT2D eigenvalue weighted by Crippen LogP contribution is 2.15. The molecule has 4 nitrogen and oxygen atoms in total. The molecule has 0 amide bonds. The minimum absolute atomic E-state index is 0.770. The van der Waals surface area contributed by atoms with Crippen LogP contribution < -0.4 is 5.32 Å². The van der Waals surface area contributed by atoms with E-state index in [2.05, 4.69) is 27.6 Å². The third kappa shape index (κ3) is 3.41. The van der Waals surface area contributed by atoms with Gasteiger partial charge in [-0.3, -0.25) is 4.90 Å². The van der Waals surface area contributed by atoms with Crippen molar-refractivity contribution in [2.75, 3.05) is 14.1 Å². The summed E-state index contributed by atoms with van der Waals surface area (Å²) in [6.07, 6.45) is 1.75. The Kier molecular flexibility index (Phi) is 4.52. The second-order valence-electron chi connectivity index (χ2n) is 4.43. The SMILES string of the molecule is CNCc1occc1CN(C)Cc1csc(C)n1. The summed E-state index contributed by atoms with van der Waals surface area (Å²) in [5, 5.41) is 6.36. The van der Waals surface area contributed by atoms with Crippen molar-refractivity contribution >= 4 is 11.3 Å². The largest absolute Gasteiger partial charge is 0.468 e. The maximum absolute atomic E-state index is 5.46. The summed E-state index contributed by atoms with van der Waals surface area (Å²) in [7, 11) is 4.03. The van der Waals surface area contributed by atoms with Crippen LogP contribution in [0.2, 0.25) is 0 Å². The molecule has 98 valence electrons. The topological polar surface area (TPSA) is 41.3 Å². The van der Waals surface area contributed by atoms with Crippen LogP contribution in [0.4, 0.5) is 0 Å². The van der Waals surface area contributed by atoms with Gasteiger partial charge in [-0.05, 0) is 27.1 Å². The molecule has 0 aliphatic carbocycles. The molecule has 2 heterocycles. The fraction of sp³-hybridized carbons (Fsp3) is 0.462. The molecule has 1 N–H and O–H groups in total. The molecule has 0 saturated heterocycles. The Balaban J connectivity index is 1.94. The lowest BCUT2D eigenvalue weighted by molar-refractivity contribution is 0.311. The zero-order valence-electron chi connectivity index (χ0n) is 11.1. The van der Waals surface area contributed by atoms with Crippen LogP contribution in [0.15, 0.2) is 22.1 Å². The van der Waals surface area contributed by atoms with E-state index in [9.17, 15) is 0 Å². The molecular formula is C13H19N3OS. The van der Waals surface area contributed by atoms with Crippen molar-refractivity contribution in [3.63, 3.8) is 0 Å². The van der Waals surface area contributed by atoms with Crippen LogP contribution in [-0.2, 0) is 19.6 Å². The monoisotopic (exact) mass is 265 g/mol. The highest BCUT2D eigenvalue weighted by Gasteiger charge is 2.09. The van der Waals surface area contributed by atoms with Crippen LogP contribution >= 0.6 is 11.3 Å². The fourth-order valence-electron chi connectivity index (χ4n) is 1.93. The van der Waals surface area contributed by atoms with Crippen LogP contribution in [0.5, 0.6) is 0 Å². The number of aryl methyl sites for hydroxylation is 1. The van der Waals surface area contributed by atoms with E-state index in [1.165, 1.54) is 5.56 Å². The predicted octanol–water partition coefficient (Wildman–Crippen LogP) is 2.40. The maximum atomic E-state index is 5.46. The number of aromatic nitrogens is 1. The Hall–Kier alpha value is -1.17. The van der Waals surface area contributed by atoms with Crippen LogP contribution in [0.25, 0.3) is 0 Å². The maximum Gasteiger partial charge on any atom is 0.122 e. The zero-order chi connectivity index (χ0) is 13.0.